The third-order valence-corrected chi connectivity index (χ3v) is 1.84. The van der Waals surface area contributed by atoms with Gasteiger partial charge in [0.1, 0.15) is 0 Å². The largest absolute Gasteiger partial charge is 0.312 e. The van der Waals surface area contributed by atoms with Crippen molar-refractivity contribution in [2.45, 2.75) is 33.2 Å². The monoisotopic (exact) mass is 180 g/mol. The Kier molecular flexibility index (Phi) is 4.47. The van der Waals surface area contributed by atoms with Gasteiger partial charge >= 0.3 is 0 Å². The summed E-state index contributed by atoms with van der Waals surface area (Å²) in [5, 5.41) is 3.30. The molecule has 0 bridgehead atoms. The molecule has 0 saturated heterocycles. The molecule has 0 aliphatic carbocycles. The molecule has 0 atom stereocenters. The van der Waals surface area contributed by atoms with E-state index in [0.717, 1.165) is 19.5 Å². The van der Waals surface area contributed by atoms with Crippen molar-refractivity contribution in [3.05, 3.63) is 29.6 Å². The Morgan fingerprint density at radius 2 is 2.31 bits per heavy atom. The maximum Gasteiger partial charge on any atom is 0.0461 e. The van der Waals surface area contributed by atoms with E-state index >= 15 is 0 Å². The van der Waals surface area contributed by atoms with Crippen LogP contribution >= 0.6 is 0 Å². The molecule has 0 unspecified atom stereocenters. The highest BCUT2D eigenvalue weighted by Gasteiger charge is 2.06. The number of fused-ring (bicyclic) bond motifs is 1. The van der Waals surface area contributed by atoms with Crippen LogP contribution in [-0.2, 0) is 13.0 Å². The lowest BCUT2D eigenvalue weighted by Gasteiger charge is -2.14. The molecule has 0 fully saturated rings. The fourth-order valence-electron chi connectivity index (χ4n) is 1.29. The highest BCUT2D eigenvalue weighted by atomic mass is 14.9. The van der Waals surface area contributed by atoms with Gasteiger partial charge in [-0.15, -0.1) is 0 Å². The van der Waals surface area contributed by atoms with E-state index in [4.69, 9.17) is 0 Å². The zero-order valence-corrected chi connectivity index (χ0v) is 8.51. The zero-order chi connectivity index (χ0) is 9.52. The van der Waals surface area contributed by atoms with Crippen LogP contribution in [0, 0.1) is 0 Å². The predicted molar refractivity (Wildman–Crippen MR) is 57.7 cm³/mol. The second kappa shape index (κ2) is 5.70. The molecule has 74 valence electrons. The van der Waals surface area contributed by atoms with Crippen molar-refractivity contribution < 1.29 is 1.43 Å². The number of nitrogens with zero attached hydrogens (tertiary/aromatic N) is 1. The van der Waals surface area contributed by atoms with Crippen LogP contribution in [0.25, 0.3) is 0 Å². The first kappa shape index (κ1) is 10.2. The van der Waals surface area contributed by atoms with Gasteiger partial charge in [-0.05, 0) is 11.6 Å². The van der Waals surface area contributed by atoms with Gasteiger partial charge in [0.05, 0.1) is 0 Å². The van der Waals surface area contributed by atoms with Gasteiger partial charge in [0.25, 0.3) is 0 Å². The first-order valence-corrected chi connectivity index (χ1v) is 5.02. The number of aromatic nitrogens is 1. The first-order chi connectivity index (χ1) is 6.38. The summed E-state index contributed by atoms with van der Waals surface area (Å²) in [6, 6.07) is 4.13. The van der Waals surface area contributed by atoms with Crippen LogP contribution in [0.2, 0.25) is 0 Å². The van der Waals surface area contributed by atoms with Crippen LogP contribution in [-0.4, -0.2) is 11.5 Å². The molecule has 2 heterocycles. The molecule has 0 radical (unpaired) electrons. The molecule has 2 heteroatoms. The molecule has 1 aliphatic heterocycles. The minimum Gasteiger partial charge on any atom is -0.312 e. The van der Waals surface area contributed by atoms with Gasteiger partial charge in [-0.2, -0.15) is 0 Å². The van der Waals surface area contributed by atoms with Crippen LogP contribution in [0.3, 0.4) is 0 Å². The molecule has 2 nitrogen and oxygen atoms in total. The Bertz CT molecular complexity index is 226. The average molecular weight is 180 g/mol. The quantitative estimate of drug-likeness (QED) is 0.663. The third-order valence-electron chi connectivity index (χ3n) is 1.84. The second-order valence-corrected chi connectivity index (χ2v) is 3.24. The van der Waals surface area contributed by atoms with Gasteiger partial charge in [-0.3, -0.25) is 4.98 Å². The Balaban J connectivity index is 0.000000381. The summed E-state index contributed by atoms with van der Waals surface area (Å²) < 4.78 is 0. The summed E-state index contributed by atoms with van der Waals surface area (Å²) >= 11 is 0. The van der Waals surface area contributed by atoms with E-state index in [9.17, 15) is 0 Å². The van der Waals surface area contributed by atoms with Crippen LogP contribution in [0.1, 0.15) is 33.0 Å². The van der Waals surface area contributed by atoms with E-state index in [1.165, 1.54) is 17.7 Å². The summed E-state index contributed by atoms with van der Waals surface area (Å²) in [5.74, 6) is 0. The SMILES string of the molecule is CCC.[HH].c1cnc2c(c1)CNCC2. The number of pyridine rings is 1. The Morgan fingerprint density at radius 3 is 3.00 bits per heavy atom. The minimum atomic E-state index is 0. The summed E-state index contributed by atoms with van der Waals surface area (Å²) in [4.78, 5) is 4.28. The smallest absolute Gasteiger partial charge is 0.0461 e. The fraction of sp³-hybridized carbons (Fsp3) is 0.545. The normalized spacial score (nSPS) is 14.0. The molecule has 2 rings (SSSR count). The van der Waals surface area contributed by atoms with Crippen LogP contribution in [0.4, 0.5) is 0 Å². The number of nitrogens with one attached hydrogen (secondary N) is 1. The lowest BCUT2D eigenvalue weighted by atomic mass is 10.1. The fourth-order valence-corrected chi connectivity index (χ4v) is 1.29. The molecule has 0 aromatic carbocycles. The van der Waals surface area contributed by atoms with Gasteiger partial charge < -0.3 is 5.32 Å². The van der Waals surface area contributed by atoms with Crippen molar-refractivity contribution in [3.8, 4) is 0 Å². The van der Waals surface area contributed by atoms with Gasteiger partial charge in [0.15, 0.2) is 0 Å². The van der Waals surface area contributed by atoms with E-state index in [1.54, 1.807) is 0 Å². The molecule has 1 N–H and O–H groups in total. The molecule has 0 spiro atoms. The predicted octanol–water partition coefficient (Wildman–Crippen LogP) is 2.39. The van der Waals surface area contributed by atoms with Gasteiger partial charge in [-0.1, -0.05) is 26.3 Å². The molecule has 0 amide bonds. The van der Waals surface area contributed by atoms with E-state index in [2.05, 4.69) is 30.2 Å². The van der Waals surface area contributed by atoms with Gasteiger partial charge in [0.2, 0.25) is 0 Å². The standard InChI is InChI=1S/C8H10N2.C3H8.H2/c1-2-7-6-9-5-3-8(7)10-4-1;1-3-2;/h1-2,4,9H,3,5-6H2;3H2,1-2H3;1H. The summed E-state index contributed by atoms with van der Waals surface area (Å²) in [6.07, 6.45) is 4.19. The molecule has 13 heavy (non-hydrogen) atoms. The van der Waals surface area contributed by atoms with Crippen LogP contribution < -0.4 is 5.32 Å². The topological polar surface area (TPSA) is 24.9 Å². The first-order valence-electron chi connectivity index (χ1n) is 5.02. The third kappa shape index (κ3) is 3.15. The Hall–Kier alpha value is -0.890. The maximum atomic E-state index is 4.28. The lowest BCUT2D eigenvalue weighted by molar-refractivity contribution is 0.630. The number of rotatable bonds is 0. The van der Waals surface area contributed by atoms with E-state index < -0.39 is 0 Å². The molecular formula is C11H20N2. The van der Waals surface area contributed by atoms with Gasteiger partial charge in [-0.25, -0.2) is 0 Å². The van der Waals surface area contributed by atoms with Crippen LogP contribution in [0.5, 0.6) is 0 Å². The highest BCUT2D eigenvalue weighted by Crippen LogP contribution is 2.08. The van der Waals surface area contributed by atoms with Crippen molar-refractivity contribution in [1.82, 2.24) is 10.3 Å². The summed E-state index contributed by atoms with van der Waals surface area (Å²) in [6.45, 7) is 6.31. The zero-order valence-electron chi connectivity index (χ0n) is 8.51. The van der Waals surface area contributed by atoms with Crippen molar-refractivity contribution in [1.29, 1.82) is 0 Å². The maximum absolute atomic E-state index is 4.28. The Labute approximate surface area is 81.9 Å². The highest BCUT2D eigenvalue weighted by molar-refractivity contribution is 5.21. The summed E-state index contributed by atoms with van der Waals surface area (Å²) in [5.41, 5.74) is 2.62. The lowest BCUT2D eigenvalue weighted by Crippen LogP contribution is -2.24. The number of hydrogen-bond donors (Lipinski definition) is 1. The van der Waals surface area contributed by atoms with Crippen LogP contribution in [0.15, 0.2) is 18.3 Å². The average Bonchev–Trinajstić information content (AvgIpc) is 2.19. The molecule has 1 aromatic rings. The minimum absolute atomic E-state index is 0. The molecular weight excluding hydrogens is 160 g/mol. The van der Waals surface area contributed by atoms with Crippen molar-refractivity contribution in [3.63, 3.8) is 0 Å². The molecule has 0 saturated carbocycles. The van der Waals surface area contributed by atoms with Crippen molar-refractivity contribution >= 4 is 0 Å². The van der Waals surface area contributed by atoms with E-state index in [1.807, 2.05) is 12.3 Å². The van der Waals surface area contributed by atoms with E-state index in [0.29, 0.717) is 0 Å². The van der Waals surface area contributed by atoms with Crippen molar-refractivity contribution in [2.24, 2.45) is 0 Å². The second-order valence-electron chi connectivity index (χ2n) is 3.24. The Morgan fingerprint density at radius 1 is 1.54 bits per heavy atom. The van der Waals surface area contributed by atoms with Crippen molar-refractivity contribution in [2.75, 3.05) is 6.54 Å². The van der Waals surface area contributed by atoms with Gasteiger partial charge in [0, 0.05) is 32.8 Å². The van der Waals surface area contributed by atoms with E-state index in [-0.39, 0.29) is 1.43 Å². The molecule has 1 aromatic heterocycles. The summed E-state index contributed by atoms with van der Waals surface area (Å²) in [7, 11) is 0. The molecule has 1 aliphatic rings. The number of hydrogen-bond acceptors (Lipinski definition) is 2.